The predicted molar refractivity (Wildman–Crippen MR) is 65.1 cm³/mol. The number of benzene rings is 1. The lowest BCUT2D eigenvalue weighted by molar-refractivity contribution is 0.0602. The Morgan fingerprint density at radius 1 is 1.47 bits per heavy atom. The Labute approximate surface area is 99.4 Å². The molecular weight excluding hydrogens is 218 g/mol. The van der Waals surface area contributed by atoms with Crippen LogP contribution < -0.4 is 0 Å². The number of methoxy groups -OCH3 is 1. The number of rotatable bonds is 3. The Balaban J connectivity index is 2.66. The highest BCUT2D eigenvalue weighted by Gasteiger charge is 2.15. The van der Waals surface area contributed by atoms with E-state index >= 15 is 0 Å². The van der Waals surface area contributed by atoms with Crippen molar-refractivity contribution in [1.29, 1.82) is 0 Å². The van der Waals surface area contributed by atoms with Crippen LogP contribution in [-0.2, 0) is 11.3 Å². The number of ether oxygens (including phenoxy) is 1. The highest BCUT2D eigenvalue weighted by atomic mass is 16.5. The molecule has 4 heteroatoms. The SMILES string of the molecule is COC(=O)c1cn(CCO)c2cc(C)ccc12. The van der Waals surface area contributed by atoms with Crippen molar-refractivity contribution >= 4 is 16.9 Å². The Morgan fingerprint density at radius 3 is 2.88 bits per heavy atom. The van der Waals surface area contributed by atoms with Gasteiger partial charge in [-0.05, 0) is 18.6 Å². The fourth-order valence-corrected chi connectivity index (χ4v) is 1.97. The maximum atomic E-state index is 11.6. The summed E-state index contributed by atoms with van der Waals surface area (Å²) < 4.78 is 6.62. The van der Waals surface area contributed by atoms with Crippen LogP contribution in [0.3, 0.4) is 0 Å². The minimum atomic E-state index is -0.351. The molecule has 2 aromatic rings. The van der Waals surface area contributed by atoms with Crippen molar-refractivity contribution < 1.29 is 14.6 Å². The maximum Gasteiger partial charge on any atom is 0.340 e. The summed E-state index contributed by atoms with van der Waals surface area (Å²) in [6, 6.07) is 5.86. The molecule has 1 heterocycles. The zero-order valence-electron chi connectivity index (χ0n) is 9.93. The van der Waals surface area contributed by atoms with Crippen LogP contribution in [0.25, 0.3) is 10.9 Å². The van der Waals surface area contributed by atoms with E-state index in [1.54, 1.807) is 6.20 Å². The second-order valence-corrected chi connectivity index (χ2v) is 3.97. The van der Waals surface area contributed by atoms with Gasteiger partial charge in [0.05, 0.1) is 19.3 Å². The highest BCUT2D eigenvalue weighted by molar-refractivity contribution is 6.04. The zero-order valence-corrected chi connectivity index (χ0v) is 9.93. The molecule has 0 spiro atoms. The molecular formula is C13H15NO3. The van der Waals surface area contributed by atoms with Crippen molar-refractivity contribution in [3.8, 4) is 0 Å². The molecule has 17 heavy (non-hydrogen) atoms. The summed E-state index contributed by atoms with van der Waals surface area (Å²) in [6.45, 7) is 2.50. The largest absolute Gasteiger partial charge is 0.465 e. The molecule has 0 fully saturated rings. The Bertz CT molecular complexity index is 557. The lowest BCUT2D eigenvalue weighted by Gasteiger charge is -2.02. The van der Waals surface area contributed by atoms with Crippen molar-refractivity contribution in [2.24, 2.45) is 0 Å². The molecule has 4 nitrogen and oxygen atoms in total. The van der Waals surface area contributed by atoms with Gasteiger partial charge in [0.1, 0.15) is 0 Å². The third-order valence-electron chi connectivity index (χ3n) is 2.78. The number of aromatic nitrogens is 1. The van der Waals surface area contributed by atoms with Gasteiger partial charge < -0.3 is 14.4 Å². The molecule has 1 N–H and O–H groups in total. The van der Waals surface area contributed by atoms with Gasteiger partial charge in [-0.2, -0.15) is 0 Å². The van der Waals surface area contributed by atoms with E-state index in [1.165, 1.54) is 7.11 Å². The first-order chi connectivity index (χ1) is 8.17. The van der Waals surface area contributed by atoms with Crippen LogP contribution in [0, 0.1) is 6.92 Å². The number of carbonyl (C=O) groups is 1. The van der Waals surface area contributed by atoms with E-state index in [9.17, 15) is 4.79 Å². The van der Waals surface area contributed by atoms with Gasteiger partial charge in [-0.3, -0.25) is 0 Å². The van der Waals surface area contributed by atoms with Crippen LogP contribution in [0.5, 0.6) is 0 Å². The van der Waals surface area contributed by atoms with Gasteiger partial charge in [0.15, 0.2) is 0 Å². The molecule has 0 unspecified atom stereocenters. The minimum Gasteiger partial charge on any atom is -0.465 e. The molecule has 0 aliphatic heterocycles. The van der Waals surface area contributed by atoms with Crippen LogP contribution in [0.15, 0.2) is 24.4 Å². The summed E-state index contributed by atoms with van der Waals surface area (Å²) in [7, 11) is 1.37. The first kappa shape index (κ1) is 11.7. The molecule has 0 aliphatic carbocycles. The van der Waals surface area contributed by atoms with E-state index in [0.717, 1.165) is 16.5 Å². The summed E-state index contributed by atoms with van der Waals surface area (Å²) in [5.41, 5.74) is 2.60. The van der Waals surface area contributed by atoms with Gasteiger partial charge >= 0.3 is 5.97 Å². The van der Waals surface area contributed by atoms with Crippen LogP contribution >= 0.6 is 0 Å². The van der Waals surface area contributed by atoms with E-state index in [0.29, 0.717) is 12.1 Å². The molecule has 0 bridgehead atoms. The number of aliphatic hydroxyl groups excluding tert-OH is 1. The average Bonchev–Trinajstić information content (AvgIpc) is 2.67. The Morgan fingerprint density at radius 2 is 2.24 bits per heavy atom. The van der Waals surface area contributed by atoms with Gasteiger partial charge in [-0.1, -0.05) is 12.1 Å². The fourth-order valence-electron chi connectivity index (χ4n) is 1.97. The maximum absolute atomic E-state index is 11.6. The molecule has 0 saturated heterocycles. The third kappa shape index (κ3) is 2.03. The molecule has 90 valence electrons. The Hall–Kier alpha value is -1.81. The number of hydrogen-bond acceptors (Lipinski definition) is 3. The summed E-state index contributed by atoms with van der Waals surface area (Å²) in [5, 5.41) is 9.87. The molecule has 1 aromatic heterocycles. The van der Waals surface area contributed by atoms with Crippen LogP contribution in [0.1, 0.15) is 15.9 Å². The number of nitrogens with zero attached hydrogens (tertiary/aromatic N) is 1. The van der Waals surface area contributed by atoms with Gasteiger partial charge in [-0.25, -0.2) is 4.79 Å². The zero-order chi connectivity index (χ0) is 12.4. The molecule has 0 atom stereocenters. The van der Waals surface area contributed by atoms with Crippen molar-refractivity contribution in [3.05, 3.63) is 35.5 Å². The number of hydrogen-bond donors (Lipinski definition) is 1. The Kier molecular flexibility index (Phi) is 3.15. The molecule has 0 aliphatic rings. The van der Waals surface area contributed by atoms with Gasteiger partial charge in [0.25, 0.3) is 0 Å². The molecule has 0 radical (unpaired) electrons. The molecule has 0 amide bonds. The fraction of sp³-hybridized carbons (Fsp3) is 0.308. The van der Waals surface area contributed by atoms with Crippen LogP contribution in [0.2, 0.25) is 0 Å². The third-order valence-corrected chi connectivity index (χ3v) is 2.78. The number of esters is 1. The first-order valence-electron chi connectivity index (χ1n) is 5.46. The first-order valence-corrected chi connectivity index (χ1v) is 5.46. The molecule has 1 aromatic carbocycles. The topological polar surface area (TPSA) is 51.5 Å². The standard InChI is InChI=1S/C13H15NO3/c1-9-3-4-10-11(13(16)17-2)8-14(5-6-15)12(10)7-9/h3-4,7-8,15H,5-6H2,1-2H3. The monoisotopic (exact) mass is 233 g/mol. The van der Waals surface area contributed by atoms with Crippen LogP contribution in [0.4, 0.5) is 0 Å². The van der Waals surface area contributed by atoms with E-state index in [-0.39, 0.29) is 12.6 Å². The van der Waals surface area contributed by atoms with Gasteiger partial charge in [0.2, 0.25) is 0 Å². The second kappa shape index (κ2) is 4.59. The lowest BCUT2D eigenvalue weighted by Crippen LogP contribution is -2.02. The summed E-state index contributed by atoms with van der Waals surface area (Å²) in [4.78, 5) is 11.6. The summed E-state index contributed by atoms with van der Waals surface area (Å²) in [5.74, 6) is -0.351. The minimum absolute atomic E-state index is 0.0400. The normalized spacial score (nSPS) is 10.8. The number of fused-ring (bicyclic) bond motifs is 1. The van der Waals surface area contributed by atoms with Crippen molar-refractivity contribution in [2.75, 3.05) is 13.7 Å². The number of carbonyl (C=O) groups excluding carboxylic acids is 1. The van der Waals surface area contributed by atoms with E-state index in [4.69, 9.17) is 9.84 Å². The van der Waals surface area contributed by atoms with Crippen LogP contribution in [-0.4, -0.2) is 29.4 Å². The smallest absolute Gasteiger partial charge is 0.340 e. The van der Waals surface area contributed by atoms with Crippen molar-refractivity contribution in [2.45, 2.75) is 13.5 Å². The summed E-state index contributed by atoms with van der Waals surface area (Å²) >= 11 is 0. The van der Waals surface area contributed by atoms with Crippen molar-refractivity contribution in [3.63, 3.8) is 0 Å². The number of aliphatic hydroxyl groups is 1. The van der Waals surface area contributed by atoms with Gasteiger partial charge in [-0.15, -0.1) is 0 Å². The molecule has 2 rings (SSSR count). The van der Waals surface area contributed by atoms with E-state index in [2.05, 4.69) is 0 Å². The lowest BCUT2D eigenvalue weighted by atomic mass is 10.1. The number of aryl methyl sites for hydroxylation is 1. The highest BCUT2D eigenvalue weighted by Crippen LogP contribution is 2.23. The predicted octanol–water partition coefficient (Wildman–Crippen LogP) is 1.73. The van der Waals surface area contributed by atoms with Crippen molar-refractivity contribution in [1.82, 2.24) is 4.57 Å². The quantitative estimate of drug-likeness (QED) is 0.821. The van der Waals surface area contributed by atoms with E-state index in [1.807, 2.05) is 29.7 Å². The average molecular weight is 233 g/mol. The summed E-state index contributed by atoms with van der Waals surface area (Å²) in [6.07, 6.45) is 1.73. The van der Waals surface area contributed by atoms with E-state index < -0.39 is 0 Å². The molecule has 0 saturated carbocycles. The second-order valence-electron chi connectivity index (χ2n) is 3.97. The van der Waals surface area contributed by atoms with Gasteiger partial charge in [0, 0.05) is 23.6 Å².